The van der Waals surface area contributed by atoms with Crippen LogP contribution < -0.4 is 5.32 Å². The Morgan fingerprint density at radius 2 is 1.75 bits per heavy atom. The van der Waals surface area contributed by atoms with Crippen LogP contribution in [-0.2, 0) is 26.2 Å². The normalized spacial score (nSPS) is 15.2. The van der Waals surface area contributed by atoms with Crippen molar-refractivity contribution < 1.29 is 27.2 Å². The molecule has 1 aliphatic heterocycles. The molecule has 0 spiro atoms. The second-order valence-corrected chi connectivity index (χ2v) is 9.11. The van der Waals surface area contributed by atoms with E-state index < -0.39 is 46.1 Å². The summed E-state index contributed by atoms with van der Waals surface area (Å²) in [5, 5.41) is 2.67. The third kappa shape index (κ3) is 4.50. The molecule has 0 saturated carbocycles. The number of likely N-dealkylation sites (N-methyl/N-ethyl adjacent to an activating group) is 1. The average Bonchev–Trinajstić information content (AvgIpc) is 2.96. The van der Waals surface area contributed by atoms with Gasteiger partial charge in [-0.25, -0.2) is 17.1 Å². The topological polar surface area (TPSA) is 104 Å². The van der Waals surface area contributed by atoms with Crippen LogP contribution in [0, 0.1) is 5.82 Å². The molecule has 1 N–H and O–H groups in total. The Balaban J connectivity index is 1.92. The molecule has 2 aromatic rings. The average molecular weight is 462 g/mol. The van der Waals surface area contributed by atoms with E-state index in [1.54, 1.807) is 19.9 Å². The van der Waals surface area contributed by atoms with Crippen molar-refractivity contribution in [1.29, 1.82) is 0 Å². The van der Waals surface area contributed by atoms with Crippen molar-refractivity contribution >= 4 is 27.7 Å². The SMILES string of the molecule is CCNC(=O)[C@H](CC)N(Cc1ccc(F)cc1)C(=O)CN1C(=O)c2ccccc2S1(=O)=O. The first-order valence-electron chi connectivity index (χ1n) is 10.2. The number of hydrogen-bond acceptors (Lipinski definition) is 5. The summed E-state index contributed by atoms with van der Waals surface area (Å²) in [6, 6.07) is 10.3. The second-order valence-electron chi connectivity index (χ2n) is 7.28. The highest BCUT2D eigenvalue weighted by Gasteiger charge is 2.43. The molecule has 8 nitrogen and oxygen atoms in total. The number of carbonyl (C=O) groups excluding carboxylic acids is 3. The Hall–Kier alpha value is -3.27. The molecule has 0 bridgehead atoms. The smallest absolute Gasteiger partial charge is 0.269 e. The van der Waals surface area contributed by atoms with Gasteiger partial charge in [-0.2, -0.15) is 0 Å². The summed E-state index contributed by atoms with van der Waals surface area (Å²) in [7, 11) is -4.18. The molecule has 1 atom stereocenters. The minimum atomic E-state index is -4.18. The van der Waals surface area contributed by atoms with Gasteiger partial charge in [-0.05, 0) is 43.2 Å². The molecule has 1 heterocycles. The van der Waals surface area contributed by atoms with Gasteiger partial charge in [0.25, 0.3) is 15.9 Å². The van der Waals surface area contributed by atoms with Gasteiger partial charge >= 0.3 is 0 Å². The molecule has 10 heteroatoms. The highest BCUT2D eigenvalue weighted by molar-refractivity contribution is 7.90. The Bertz CT molecular complexity index is 1130. The van der Waals surface area contributed by atoms with Gasteiger partial charge in [-0.3, -0.25) is 14.4 Å². The monoisotopic (exact) mass is 461 g/mol. The zero-order valence-corrected chi connectivity index (χ0v) is 18.6. The maximum Gasteiger partial charge on any atom is 0.269 e. The molecule has 1 aliphatic rings. The van der Waals surface area contributed by atoms with Gasteiger partial charge in [0, 0.05) is 13.1 Å². The lowest BCUT2D eigenvalue weighted by Crippen LogP contribution is -2.52. The number of nitrogens with zero attached hydrogens (tertiary/aromatic N) is 2. The van der Waals surface area contributed by atoms with E-state index in [0.29, 0.717) is 16.4 Å². The second kappa shape index (κ2) is 9.47. The number of fused-ring (bicyclic) bond motifs is 1. The Morgan fingerprint density at radius 3 is 2.34 bits per heavy atom. The molecule has 0 unspecified atom stereocenters. The van der Waals surface area contributed by atoms with Crippen molar-refractivity contribution in [2.45, 2.75) is 37.8 Å². The zero-order valence-electron chi connectivity index (χ0n) is 17.7. The first-order chi connectivity index (χ1) is 15.2. The van der Waals surface area contributed by atoms with E-state index in [4.69, 9.17) is 0 Å². The maximum absolute atomic E-state index is 13.3. The Kier molecular flexibility index (Phi) is 6.93. The predicted molar refractivity (Wildman–Crippen MR) is 114 cm³/mol. The fraction of sp³-hybridized carbons (Fsp3) is 0.318. The largest absolute Gasteiger partial charge is 0.355 e. The van der Waals surface area contributed by atoms with Crippen LogP contribution in [0.2, 0.25) is 0 Å². The summed E-state index contributed by atoms with van der Waals surface area (Å²) in [5.74, 6) is -2.35. The molecule has 0 aliphatic carbocycles. The summed E-state index contributed by atoms with van der Waals surface area (Å²) < 4.78 is 39.5. The molecular weight excluding hydrogens is 437 g/mol. The number of rotatable bonds is 8. The molecule has 170 valence electrons. The fourth-order valence-corrected chi connectivity index (χ4v) is 5.12. The molecule has 0 saturated heterocycles. The van der Waals surface area contributed by atoms with Crippen molar-refractivity contribution in [1.82, 2.24) is 14.5 Å². The van der Waals surface area contributed by atoms with Crippen LogP contribution in [0.25, 0.3) is 0 Å². The van der Waals surface area contributed by atoms with Gasteiger partial charge in [0.05, 0.1) is 5.56 Å². The van der Waals surface area contributed by atoms with E-state index in [2.05, 4.69) is 5.32 Å². The Labute approximate surface area is 186 Å². The number of carbonyl (C=O) groups is 3. The van der Waals surface area contributed by atoms with Crippen molar-refractivity contribution in [3.8, 4) is 0 Å². The number of benzene rings is 2. The summed E-state index contributed by atoms with van der Waals surface area (Å²) in [4.78, 5) is 39.7. The van der Waals surface area contributed by atoms with Crippen LogP contribution in [-0.4, -0.2) is 54.5 Å². The van der Waals surface area contributed by atoms with Crippen LogP contribution in [0.1, 0.15) is 36.2 Å². The summed E-state index contributed by atoms with van der Waals surface area (Å²) in [5.41, 5.74) is 0.558. The molecule has 3 amide bonds. The molecule has 0 aromatic heterocycles. The highest BCUT2D eigenvalue weighted by atomic mass is 32.2. The van der Waals surface area contributed by atoms with Gasteiger partial charge in [-0.1, -0.05) is 31.2 Å². The van der Waals surface area contributed by atoms with E-state index in [1.165, 1.54) is 47.4 Å². The lowest BCUT2D eigenvalue weighted by Gasteiger charge is -2.31. The summed E-state index contributed by atoms with van der Waals surface area (Å²) >= 11 is 0. The first kappa shape index (κ1) is 23.4. The molecular formula is C22H24FN3O5S. The van der Waals surface area contributed by atoms with Gasteiger partial charge in [0.2, 0.25) is 11.8 Å². The summed E-state index contributed by atoms with van der Waals surface area (Å²) in [6.45, 7) is 3.01. The van der Waals surface area contributed by atoms with Crippen LogP contribution in [0.4, 0.5) is 4.39 Å². The fourth-order valence-electron chi connectivity index (χ4n) is 3.60. The van der Waals surface area contributed by atoms with Crippen molar-refractivity contribution in [3.63, 3.8) is 0 Å². The number of hydrogen-bond donors (Lipinski definition) is 1. The zero-order chi connectivity index (χ0) is 23.5. The number of amides is 3. The van der Waals surface area contributed by atoms with Gasteiger partial charge in [-0.15, -0.1) is 0 Å². The van der Waals surface area contributed by atoms with Gasteiger partial charge in [0.1, 0.15) is 23.3 Å². The lowest BCUT2D eigenvalue weighted by molar-refractivity contribution is -0.141. The van der Waals surface area contributed by atoms with Crippen molar-refractivity contribution in [2.24, 2.45) is 0 Å². The molecule has 3 rings (SSSR count). The van der Waals surface area contributed by atoms with Crippen LogP contribution >= 0.6 is 0 Å². The third-order valence-corrected chi connectivity index (χ3v) is 6.98. The van der Waals surface area contributed by atoms with E-state index >= 15 is 0 Å². The third-order valence-electron chi connectivity index (χ3n) is 5.19. The molecule has 32 heavy (non-hydrogen) atoms. The standard InChI is InChI=1S/C22H24FN3O5S/c1-3-18(21(28)24-4-2)25(13-15-9-11-16(23)12-10-15)20(27)14-26-22(29)17-7-5-6-8-19(17)32(26,30)31/h5-12,18H,3-4,13-14H2,1-2H3,(H,24,28)/t18-/m0/s1. The number of nitrogens with one attached hydrogen (secondary N) is 1. The van der Waals surface area contributed by atoms with Crippen molar-refractivity contribution in [2.75, 3.05) is 13.1 Å². The quantitative estimate of drug-likeness (QED) is 0.647. The van der Waals surface area contributed by atoms with E-state index in [-0.39, 0.29) is 23.4 Å². The number of halogens is 1. The Morgan fingerprint density at radius 1 is 1.09 bits per heavy atom. The van der Waals surface area contributed by atoms with E-state index in [9.17, 15) is 27.2 Å². The summed E-state index contributed by atoms with van der Waals surface area (Å²) in [6.07, 6.45) is 0.264. The van der Waals surface area contributed by atoms with Gasteiger partial charge < -0.3 is 10.2 Å². The molecule has 0 radical (unpaired) electrons. The van der Waals surface area contributed by atoms with E-state index in [1.807, 2.05) is 0 Å². The van der Waals surface area contributed by atoms with Crippen molar-refractivity contribution in [3.05, 3.63) is 65.5 Å². The predicted octanol–water partition coefficient (Wildman–Crippen LogP) is 1.91. The first-order valence-corrected chi connectivity index (χ1v) is 11.6. The number of sulfonamides is 1. The lowest BCUT2D eigenvalue weighted by atomic mass is 10.1. The van der Waals surface area contributed by atoms with Crippen LogP contribution in [0.3, 0.4) is 0 Å². The van der Waals surface area contributed by atoms with E-state index in [0.717, 1.165) is 0 Å². The van der Waals surface area contributed by atoms with Crippen LogP contribution in [0.15, 0.2) is 53.4 Å². The maximum atomic E-state index is 13.3. The minimum Gasteiger partial charge on any atom is -0.355 e. The molecule has 0 fully saturated rings. The minimum absolute atomic E-state index is 0.00107. The molecule has 2 aromatic carbocycles. The highest BCUT2D eigenvalue weighted by Crippen LogP contribution is 2.30. The van der Waals surface area contributed by atoms with Crippen LogP contribution in [0.5, 0.6) is 0 Å². The van der Waals surface area contributed by atoms with Gasteiger partial charge in [0.15, 0.2) is 0 Å².